The van der Waals surface area contributed by atoms with Gasteiger partial charge >= 0.3 is 0 Å². The summed E-state index contributed by atoms with van der Waals surface area (Å²) in [6, 6.07) is 15.2. The van der Waals surface area contributed by atoms with Crippen molar-refractivity contribution in [3.63, 3.8) is 0 Å². The second kappa shape index (κ2) is 6.03. The Hall–Kier alpha value is -1.32. The zero-order valence-corrected chi connectivity index (χ0v) is 11.7. The predicted octanol–water partition coefficient (Wildman–Crippen LogP) is 3.93. The van der Waals surface area contributed by atoms with Crippen LogP contribution in [-0.2, 0) is 0 Å². The SMILES string of the molecule is CCOc1ccc(C(O)c2ccc(Br)cc2)cc1. The Bertz CT molecular complexity index is 491. The Morgan fingerprint density at radius 2 is 1.50 bits per heavy atom. The molecule has 0 spiro atoms. The first-order valence-electron chi connectivity index (χ1n) is 5.87. The van der Waals surface area contributed by atoms with Crippen molar-refractivity contribution >= 4 is 15.9 Å². The molecule has 0 saturated heterocycles. The van der Waals surface area contributed by atoms with Gasteiger partial charge in [0, 0.05) is 4.47 Å². The molecule has 2 aromatic rings. The van der Waals surface area contributed by atoms with E-state index in [4.69, 9.17) is 4.74 Å². The summed E-state index contributed by atoms with van der Waals surface area (Å²) in [5.41, 5.74) is 1.74. The molecule has 0 aromatic heterocycles. The van der Waals surface area contributed by atoms with Crippen molar-refractivity contribution in [1.29, 1.82) is 0 Å². The molecule has 0 bridgehead atoms. The van der Waals surface area contributed by atoms with Gasteiger partial charge in [-0.1, -0.05) is 40.2 Å². The number of benzene rings is 2. The highest BCUT2D eigenvalue weighted by Crippen LogP contribution is 2.25. The van der Waals surface area contributed by atoms with E-state index in [1.165, 1.54) is 0 Å². The lowest BCUT2D eigenvalue weighted by Gasteiger charge is -2.12. The highest BCUT2D eigenvalue weighted by Gasteiger charge is 2.10. The van der Waals surface area contributed by atoms with Crippen LogP contribution in [0, 0.1) is 0 Å². The molecule has 2 rings (SSSR count). The average molecular weight is 307 g/mol. The van der Waals surface area contributed by atoms with Crippen LogP contribution in [0.3, 0.4) is 0 Å². The van der Waals surface area contributed by atoms with Crippen molar-refractivity contribution in [2.75, 3.05) is 6.61 Å². The maximum absolute atomic E-state index is 10.2. The minimum atomic E-state index is -0.603. The second-order valence-electron chi connectivity index (χ2n) is 3.96. The Labute approximate surface area is 115 Å². The molecule has 0 heterocycles. The maximum Gasteiger partial charge on any atom is 0.119 e. The van der Waals surface area contributed by atoms with E-state index in [2.05, 4.69) is 15.9 Å². The van der Waals surface area contributed by atoms with E-state index in [1.807, 2.05) is 55.5 Å². The number of hydrogen-bond acceptors (Lipinski definition) is 2. The summed E-state index contributed by atoms with van der Waals surface area (Å²) in [6.45, 7) is 2.60. The number of rotatable bonds is 4. The van der Waals surface area contributed by atoms with Gasteiger partial charge in [0.05, 0.1) is 6.61 Å². The average Bonchev–Trinajstić information content (AvgIpc) is 2.40. The topological polar surface area (TPSA) is 29.5 Å². The minimum absolute atomic E-state index is 0.603. The molecule has 0 radical (unpaired) electrons. The fourth-order valence-electron chi connectivity index (χ4n) is 1.75. The van der Waals surface area contributed by atoms with Gasteiger partial charge in [0.2, 0.25) is 0 Å². The summed E-state index contributed by atoms with van der Waals surface area (Å²) in [5.74, 6) is 0.823. The standard InChI is InChI=1S/C15H15BrO2/c1-2-18-14-9-5-12(6-10-14)15(17)11-3-7-13(16)8-4-11/h3-10,15,17H,2H2,1H3. The number of ether oxygens (including phenoxy) is 1. The molecule has 1 unspecified atom stereocenters. The molecular weight excluding hydrogens is 292 g/mol. The molecule has 3 heteroatoms. The Morgan fingerprint density at radius 1 is 1.00 bits per heavy atom. The Morgan fingerprint density at radius 3 is 2.00 bits per heavy atom. The molecule has 1 N–H and O–H groups in total. The Kier molecular flexibility index (Phi) is 4.39. The lowest BCUT2D eigenvalue weighted by molar-refractivity contribution is 0.220. The molecule has 1 atom stereocenters. The smallest absolute Gasteiger partial charge is 0.119 e. The van der Waals surface area contributed by atoms with Crippen molar-refractivity contribution in [3.8, 4) is 5.75 Å². The van der Waals surface area contributed by atoms with Crippen LogP contribution < -0.4 is 4.74 Å². The molecule has 0 aliphatic carbocycles. The fraction of sp³-hybridized carbons (Fsp3) is 0.200. The lowest BCUT2D eigenvalue weighted by atomic mass is 10.0. The van der Waals surface area contributed by atoms with E-state index in [-0.39, 0.29) is 0 Å². The predicted molar refractivity (Wildman–Crippen MR) is 75.8 cm³/mol. The number of hydrogen-bond donors (Lipinski definition) is 1. The molecule has 2 nitrogen and oxygen atoms in total. The van der Waals surface area contributed by atoms with Crippen molar-refractivity contribution in [2.24, 2.45) is 0 Å². The van der Waals surface area contributed by atoms with Crippen LogP contribution in [0.5, 0.6) is 5.75 Å². The third-order valence-electron chi connectivity index (χ3n) is 2.69. The molecular formula is C15H15BrO2. The lowest BCUT2D eigenvalue weighted by Crippen LogP contribution is -1.99. The summed E-state index contributed by atoms with van der Waals surface area (Å²) < 4.78 is 6.38. The van der Waals surface area contributed by atoms with E-state index in [1.54, 1.807) is 0 Å². The van der Waals surface area contributed by atoms with Crippen LogP contribution >= 0.6 is 15.9 Å². The zero-order valence-electron chi connectivity index (χ0n) is 10.1. The normalized spacial score (nSPS) is 12.2. The summed E-state index contributed by atoms with van der Waals surface area (Å²) in [5, 5.41) is 10.2. The van der Waals surface area contributed by atoms with Crippen LogP contribution in [0.4, 0.5) is 0 Å². The van der Waals surface area contributed by atoms with Gasteiger partial charge in [-0.3, -0.25) is 0 Å². The summed E-state index contributed by atoms with van der Waals surface area (Å²) in [6.07, 6.45) is -0.603. The first-order valence-corrected chi connectivity index (χ1v) is 6.66. The monoisotopic (exact) mass is 306 g/mol. The fourth-order valence-corrected chi connectivity index (χ4v) is 2.01. The van der Waals surface area contributed by atoms with Gasteiger partial charge in [0.1, 0.15) is 11.9 Å². The quantitative estimate of drug-likeness (QED) is 0.927. The van der Waals surface area contributed by atoms with Crippen molar-refractivity contribution in [3.05, 3.63) is 64.1 Å². The van der Waals surface area contributed by atoms with Gasteiger partial charge in [-0.2, -0.15) is 0 Å². The zero-order chi connectivity index (χ0) is 13.0. The molecule has 0 fully saturated rings. The highest BCUT2D eigenvalue weighted by atomic mass is 79.9. The molecule has 2 aromatic carbocycles. The number of aliphatic hydroxyl groups is 1. The van der Waals surface area contributed by atoms with Crippen LogP contribution in [0.25, 0.3) is 0 Å². The second-order valence-corrected chi connectivity index (χ2v) is 4.87. The van der Waals surface area contributed by atoms with Gasteiger partial charge in [-0.05, 0) is 42.3 Å². The molecule has 0 aliphatic heterocycles. The van der Waals surface area contributed by atoms with Crippen LogP contribution in [0.2, 0.25) is 0 Å². The molecule has 0 aliphatic rings. The van der Waals surface area contributed by atoms with Crippen molar-refractivity contribution in [2.45, 2.75) is 13.0 Å². The van der Waals surface area contributed by atoms with Crippen LogP contribution in [-0.4, -0.2) is 11.7 Å². The van der Waals surface area contributed by atoms with Gasteiger partial charge < -0.3 is 9.84 Å². The van der Waals surface area contributed by atoms with Gasteiger partial charge in [0.15, 0.2) is 0 Å². The highest BCUT2D eigenvalue weighted by molar-refractivity contribution is 9.10. The molecule has 18 heavy (non-hydrogen) atoms. The van der Waals surface area contributed by atoms with Crippen LogP contribution in [0.1, 0.15) is 24.2 Å². The third kappa shape index (κ3) is 3.12. The summed E-state index contributed by atoms with van der Waals surface area (Å²) >= 11 is 3.38. The van der Waals surface area contributed by atoms with Gasteiger partial charge in [-0.25, -0.2) is 0 Å². The van der Waals surface area contributed by atoms with Crippen LogP contribution in [0.15, 0.2) is 53.0 Å². The number of aliphatic hydroxyl groups excluding tert-OH is 1. The van der Waals surface area contributed by atoms with E-state index in [9.17, 15) is 5.11 Å². The Balaban J connectivity index is 2.17. The van der Waals surface area contributed by atoms with Crippen molar-refractivity contribution in [1.82, 2.24) is 0 Å². The molecule has 0 saturated carbocycles. The van der Waals surface area contributed by atoms with Crippen molar-refractivity contribution < 1.29 is 9.84 Å². The summed E-state index contributed by atoms with van der Waals surface area (Å²) in [4.78, 5) is 0. The minimum Gasteiger partial charge on any atom is -0.494 e. The third-order valence-corrected chi connectivity index (χ3v) is 3.22. The van der Waals surface area contributed by atoms with E-state index < -0.39 is 6.10 Å². The van der Waals surface area contributed by atoms with E-state index in [0.29, 0.717) is 6.61 Å². The maximum atomic E-state index is 10.2. The summed E-state index contributed by atoms with van der Waals surface area (Å²) in [7, 11) is 0. The molecule has 94 valence electrons. The first kappa shape index (κ1) is 13.1. The van der Waals surface area contributed by atoms with E-state index >= 15 is 0 Å². The van der Waals surface area contributed by atoms with Gasteiger partial charge in [0.25, 0.3) is 0 Å². The number of halogens is 1. The largest absolute Gasteiger partial charge is 0.494 e. The van der Waals surface area contributed by atoms with Gasteiger partial charge in [-0.15, -0.1) is 0 Å². The molecule has 0 amide bonds. The van der Waals surface area contributed by atoms with E-state index in [0.717, 1.165) is 21.3 Å². The first-order chi connectivity index (χ1) is 8.70.